The molecule has 2 aromatic rings. The molecule has 0 heterocycles. The molecule has 1 atom stereocenters. The zero-order valence-corrected chi connectivity index (χ0v) is 10.9. The van der Waals surface area contributed by atoms with Gasteiger partial charge in [0.2, 0.25) is 5.91 Å². The minimum atomic E-state index is -1.14. The molecule has 3 heteroatoms. The largest absolute Gasteiger partial charge is 0.368 e. The van der Waals surface area contributed by atoms with Gasteiger partial charge in [0, 0.05) is 5.92 Å². The summed E-state index contributed by atoms with van der Waals surface area (Å²) in [5, 5.41) is 0. The summed E-state index contributed by atoms with van der Waals surface area (Å²) in [5.74, 6) is -0.766. The van der Waals surface area contributed by atoms with Crippen molar-refractivity contribution in [3.05, 3.63) is 71.8 Å². The number of carbonyl (C=O) groups is 1. The van der Waals surface area contributed by atoms with E-state index < -0.39 is 11.4 Å². The lowest BCUT2D eigenvalue weighted by molar-refractivity contribution is -0.123. The van der Waals surface area contributed by atoms with Gasteiger partial charge in [-0.25, -0.2) is 0 Å². The Balaban J connectivity index is 2.55. The van der Waals surface area contributed by atoms with Crippen LogP contribution in [0.25, 0.3) is 0 Å². The van der Waals surface area contributed by atoms with Crippen LogP contribution in [0.4, 0.5) is 0 Å². The van der Waals surface area contributed by atoms with Gasteiger partial charge in [-0.2, -0.15) is 0 Å². The second-order valence-corrected chi connectivity index (χ2v) is 4.90. The summed E-state index contributed by atoms with van der Waals surface area (Å²) in [6.07, 6.45) is 0. The number of rotatable bonds is 4. The second kappa shape index (κ2) is 5.24. The van der Waals surface area contributed by atoms with Crippen LogP contribution < -0.4 is 11.5 Å². The fourth-order valence-corrected chi connectivity index (χ4v) is 2.32. The van der Waals surface area contributed by atoms with Crippen LogP contribution in [-0.4, -0.2) is 11.4 Å². The summed E-state index contributed by atoms with van der Waals surface area (Å²) in [5.41, 5.74) is 12.5. The van der Waals surface area contributed by atoms with Gasteiger partial charge in [0.25, 0.3) is 0 Å². The van der Waals surface area contributed by atoms with Crippen LogP contribution in [0, 0.1) is 0 Å². The van der Waals surface area contributed by atoms with Crippen LogP contribution in [0.3, 0.4) is 0 Å². The van der Waals surface area contributed by atoms with Crippen molar-refractivity contribution in [3.63, 3.8) is 0 Å². The molecule has 0 saturated heterocycles. The maximum absolute atomic E-state index is 11.7. The molecule has 2 aromatic carbocycles. The predicted octanol–water partition coefficient (Wildman–Crippen LogP) is 2.02. The molecule has 3 nitrogen and oxygen atoms in total. The van der Waals surface area contributed by atoms with Crippen molar-refractivity contribution in [1.29, 1.82) is 0 Å². The van der Waals surface area contributed by atoms with Gasteiger partial charge in [0.05, 0.1) is 0 Å². The molecule has 0 saturated carbocycles. The van der Waals surface area contributed by atoms with E-state index in [1.165, 1.54) is 0 Å². The summed E-state index contributed by atoms with van der Waals surface area (Å²) in [6.45, 7) is 1.68. The summed E-state index contributed by atoms with van der Waals surface area (Å²) >= 11 is 0. The average Bonchev–Trinajstić information content (AvgIpc) is 2.41. The Kier molecular flexibility index (Phi) is 3.67. The lowest BCUT2D eigenvalue weighted by atomic mass is 9.76. The van der Waals surface area contributed by atoms with Gasteiger partial charge in [-0.05, 0) is 18.1 Å². The van der Waals surface area contributed by atoms with E-state index in [2.05, 4.69) is 0 Å². The molecule has 0 aliphatic heterocycles. The van der Waals surface area contributed by atoms with Crippen molar-refractivity contribution in [2.75, 3.05) is 0 Å². The molecule has 0 spiro atoms. The highest BCUT2D eigenvalue weighted by molar-refractivity contribution is 5.86. The quantitative estimate of drug-likeness (QED) is 0.876. The molecular weight excluding hydrogens is 236 g/mol. The van der Waals surface area contributed by atoms with E-state index in [0.717, 1.165) is 11.1 Å². The molecule has 2 rings (SSSR count). The van der Waals surface area contributed by atoms with Crippen LogP contribution in [0.1, 0.15) is 24.0 Å². The molecule has 0 fully saturated rings. The van der Waals surface area contributed by atoms with Crippen molar-refractivity contribution < 1.29 is 4.79 Å². The Labute approximate surface area is 113 Å². The third-order valence-corrected chi connectivity index (χ3v) is 3.40. The topological polar surface area (TPSA) is 69.1 Å². The van der Waals surface area contributed by atoms with E-state index in [-0.39, 0.29) is 5.92 Å². The van der Waals surface area contributed by atoms with Crippen molar-refractivity contribution in [2.45, 2.75) is 18.4 Å². The van der Waals surface area contributed by atoms with Gasteiger partial charge in [0.1, 0.15) is 5.54 Å². The van der Waals surface area contributed by atoms with Crippen LogP contribution in [0.2, 0.25) is 0 Å². The molecule has 0 aromatic heterocycles. The molecule has 0 radical (unpaired) electrons. The third kappa shape index (κ3) is 2.66. The maximum Gasteiger partial charge on any atom is 0.238 e. The Morgan fingerprint density at radius 3 is 1.63 bits per heavy atom. The molecule has 98 valence electrons. The number of hydrogen-bond donors (Lipinski definition) is 2. The number of primary amides is 1. The van der Waals surface area contributed by atoms with E-state index >= 15 is 0 Å². The van der Waals surface area contributed by atoms with Gasteiger partial charge >= 0.3 is 0 Å². The van der Waals surface area contributed by atoms with Crippen molar-refractivity contribution >= 4 is 5.91 Å². The first-order chi connectivity index (χ1) is 9.03. The highest BCUT2D eigenvalue weighted by Crippen LogP contribution is 2.33. The normalized spacial score (nSPS) is 14.1. The SMILES string of the molecule is CC(N)(C(N)=O)C(c1ccccc1)c1ccccc1. The molecule has 19 heavy (non-hydrogen) atoms. The van der Waals surface area contributed by atoms with Crippen molar-refractivity contribution in [3.8, 4) is 0 Å². The van der Waals surface area contributed by atoms with E-state index in [9.17, 15) is 4.79 Å². The Morgan fingerprint density at radius 1 is 0.947 bits per heavy atom. The zero-order chi connectivity index (χ0) is 13.9. The highest BCUT2D eigenvalue weighted by atomic mass is 16.1. The van der Waals surface area contributed by atoms with Gasteiger partial charge in [-0.3, -0.25) is 4.79 Å². The second-order valence-electron chi connectivity index (χ2n) is 4.90. The smallest absolute Gasteiger partial charge is 0.238 e. The van der Waals surface area contributed by atoms with E-state index in [4.69, 9.17) is 11.5 Å². The van der Waals surface area contributed by atoms with Crippen molar-refractivity contribution in [1.82, 2.24) is 0 Å². The van der Waals surface area contributed by atoms with Crippen LogP contribution >= 0.6 is 0 Å². The van der Waals surface area contributed by atoms with Gasteiger partial charge in [0.15, 0.2) is 0 Å². The number of amides is 1. The standard InChI is InChI=1S/C16H18N2O/c1-16(18,15(17)19)14(12-8-4-2-5-9-12)13-10-6-3-7-11-13/h2-11,14H,18H2,1H3,(H2,17,19). The molecule has 0 aliphatic rings. The molecule has 0 aliphatic carbocycles. The third-order valence-electron chi connectivity index (χ3n) is 3.40. The summed E-state index contributed by atoms with van der Waals surface area (Å²) < 4.78 is 0. The first kappa shape index (κ1) is 13.3. The zero-order valence-electron chi connectivity index (χ0n) is 10.9. The molecule has 0 bridgehead atoms. The van der Waals surface area contributed by atoms with Gasteiger partial charge in [-0.1, -0.05) is 60.7 Å². The molecular formula is C16H18N2O. The lowest BCUT2D eigenvalue weighted by Crippen LogP contribution is -2.54. The van der Waals surface area contributed by atoms with E-state index in [1.807, 2.05) is 60.7 Å². The maximum atomic E-state index is 11.7. The fraction of sp³-hybridized carbons (Fsp3) is 0.188. The number of benzene rings is 2. The summed E-state index contributed by atoms with van der Waals surface area (Å²) in [7, 11) is 0. The van der Waals surface area contributed by atoms with Gasteiger partial charge in [-0.15, -0.1) is 0 Å². The molecule has 1 amide bonds. The molecule has 1 unspecified atom stereocenters. The van der Waals surface area contributed by atoms with Crippen molar-refractivity contribution in [2.24, 2.45) is 11.5 Å². The number of carbonyl (C=O) groups excluding carboxylic acids is 1. The minimum Gasteiger partial charge on any atom is -0.368 e. The van der Waals surface area contributed by atoms with E-state index in [0.29, 0.717) is 0 Å². The van der Waals surface area contributed by atoms with Crippen LogP contribution in [0.15, 0.2) is 60.7 Å². The Bertz CT molecular complexity index is 510. The van der Waals surface area contributed by atoms with Crippen LogP contribution in [0.5, 0.6) is 0 Å². The van der Waals surface area contributed by atoms with Crippen LogP contribution in [-0.2, 0) is 4.79 Å². The number of hydrogen-bond acceptors (Lipinski definition) is 2. The monoisotopic (exact) mass is 254 g/mol. The fourth-order valence-electron chi connectivity index (χ4n) is 2.32. The minimum absolute atomic E-state index is 0.257. The average molecular weight is 254 g/mol. The number of nitrogens with two attached hydrogens (primary N) is 2. The van der Waals surface area contributed by atoms with Gasteiger partial charge < -0.3 is 11.5 Å². The molecule has 4 N–H and O–H groups in total. The highest BCUT2D eigenvalue weighted by Gasteiger charge is 2.37. The summed E-state index contributed by atoms with van der Waals surface area (Å²) in [6, 6.07) is 19.5. The first-order valence-electron chi connectivity index (χ1n) is 6.22. The predicted molar refractivity (Wildman–Crippen MR) is 76.5 cm³/mol. The Morgan fingerprint density at radius 2 is 1.32 bits per heavy atom. The lowest BCUT2D eigenvalue weighted by Gasteiger charge is -2.32. The summed E-state index contributed by atoms with van der Waals surface area (Å²) in [4.78, 5) is 11.7. The Hall–Kier alpha value is -2.13. The first-order valence-corrected chi connectivity index (χ1v) is 6.22. The van der Waals surface area contributed by atoms with E-state index in [1.54, 1.807) is 6.92 Å².